The molecule has 0 radical (unpaired) electrons. The summed E-state index contributed by atoms with van der Waals surface area (Å²) in [5.41, 5.74) is 12.4. The number of allylic oxidation sites excluding steroid dienone is 4. The molecule has 0 heterocycles. The minimum Gasteiger partial charge on any atom is -0.388 e. The van der Waals surface area contributed by atoms with E-state index in [2.05, 4.69) is 145 Å². The number of likely N-dealkylation sites (N-methyl/N-ethyl adjacent to an activating group) is 1. The topological polar surface area (TPSA) is 36.1 Å². The van der Waals surface area contributed by atoms with Crippen molar-refractivity contribution in [2.75, 3.05) is 18.9 Å². The fourth-order valence-corrected chi connectivity index (χ4v) is 8.34. The minimum absolute atomic E-state index is 0.200. The van der Waals surface area contributed by atoms with Crippen LogP contribution in [0.4, 0.5) is 5.69 Å². The molecule has 3 aromatic carbocycles. The zero-order valence-corrected chi connectivity index (χ0v) is 28.0. The lowest BCUT2D eigenvalue weighted by molar-refractivity contribution is 0.385. The van der Waals surface area contributed by atoms with E-state index in [0.29, 0.717) is 17.3 Å². The van der Waals surface area contributed by atoms with E-state index in [0.717, 1.165) is 31.7 Å². The van der Waals surface area contributed by atoms with Crippen LogP contribution < -0.4 is 16.0 Å². The third kappa shape index (κ3) is 6.31. The molecule has 0 bridgehead atoms. The van der Waals surface area contributed by atoms with Crippen LogP contribution in [-0.4, -0.2) is 25.7 Å². The molecule has 47 heavy (non-hydrogen) atoms. The van der Waals surface area contributed by atoms with Crippen LogP contribution in [0, 0.1) is 17.8 Å². The SMILES string of the molecule is CNC1=CCCC=C1C(NCC1CC=CC(C)C1)C1=CCC(Nc2ccccc2-c2cccc(-c3cccc(C45CC4C5)c3)c2)C=C1. The van der Waals surface area contributed by atoms with Crippen molar-refractivity contribution in [2.45, 2.75) is 69.4 Å². The maximum Gasteiger partial charge on any atom is 0.0590 e. The molecule has 0 aliphatic heterocycles. The van der Waals surface area contributed by atoms with Gasteiger partial charge in [-0.1, -0.05) is 110 Å². The number of para-hydroxylation sites is 1. The summed E-state index contributed by atoms with van der Waals surface area (Å²) in [4.78, 5) is 0. The average molecular weight is 620 g/mol. The van der Waals surface area contributed by atoms with Gasteiger partial charge in [-0.15, -0.1) is 0 Å². The van der Waals surface area contributed by atoms with Crippen molar-refractivity contribution in [3.05, 3.63) is 138 Å². The smallest absolute Gasteiger partial charge is 0.0590 e. The monoisotopic (exact) mass is 619 g/mol. The van der Waals surface area contributed by atoms with E-state index >= 15 is 0 Å². The molecule has 2 fully saturated rings. The van der Waals surface area contributed by atoms with Crippen molar-refractivity contribution in [3.8, 4) is 22.3 Å². The second kappa shape index (κ2) is 12.8. The first kappa shape index (κ1) is 30.3. The number of fused-ring (bicyclic) bond motifs is 1. The van der Waals surface area contributed by atoms with Gasteiger partial charge in [-0.2, -0.15) is 0 Å². The van der Waals surface area contributed by atoms with Gasteiger partial charge in [-0.25, -0.2) is 0 Å². The van der Waals surface area contributed by atoms with E-state index in [9.17, 15) is 0 Å². The van der Waals surface area contributed by atoms with Gasteiger partial charge in [0.15, 0.2) is 0 Å². The molecule has 5 aliphatic rings. The van der Waals surface area contributed by atoms with Crippen molar-refractivity contribution >= 4 is 5.69 Å². The van der Waals surface area contributed by atoms with Crippen LogP contribution >= 0.6 is 0 Å². The normalized spacial score (nSPS) is 28.0. The molecule has 0 amide bonds. The van der Waals surface area contributed by atoms with Gasteiger partial charge in [-0.3, -0.25) is 0 Å². The van der Waals surface area contributed by atoms with Gasteiger partial charge in [0.05, 0.1) is 6.04 Å². The van der Waals surface area contributed by atoms with Crippen LogP contribution in [0.15, 0.2) is 132 Å². The minimum atomic E-state index is 0.200. The Morgan fingerprint density at radius 3 is 2.40 bits per heavy atom. The van der Waals surface area contributed by atoms with Crippen LogP contribution in [0.3, 0.4) is 0 Å². The molecule has 3 nitrogen and oxygen atoms in total. The number of benzene rings is 3. The summed E-state index contributed by atoms with van der Waals surface area (Å²) in [5, 5.41) is 11.4. The van der Waals surface area contributed by atoms with Crippen LogP contribution in [0.5, 0.6) is 0 Å². The number of nitrogens with one attached hydrogen (secondary N) is 3. The number of rotatable bonds is 11. The van der Waals surface area contributed by atoms with E-state index in [1.54, 1.807) is 5.56 Å². The van der Waals surface area contributed by atoms with Crippen LogP contribution in [0.1, 0.15) is 57.4 Å². The molecule has 0 spiro atoms. The van der Waals surface area contributed by atoms with Crippen LogP contribution in [0.25, 0.3) is 22.3 Å². The van der Waals surface area contributed by atoms with Crippen molar-refractivity contribution < 1.29 is 0 Å². The zero-order chi connectivity index (χ0) is 31.8. The van der Waals surface area contributed by atoms with Crippen LogP contribution in [0.2, 0.25) is 0 Å². The summed E-state index contributed by atoms with van der Waals surface area (Å²) < 4.78 is 0. The predicted octanol–water partition coefficient (Wildman–Crippen LogP) is 9.73. The van der Waals surface area contributed by atoms with E-state index in [4.69, 9.17) is 0 Å². The van der Waals surface area contributed by atoms with E-state index in [1.165, 1.54) is 70.5 Å². The van der Waals surface area contributed by atoms with Gasteiger partial charge in [0.2, 0.25) is 0 Å². The second-order valence-corrected chi connectivity index (χ2v) is 14.7. The van der Waals surface area contributed by atoms with E-state index in [1.807, 2.05) is 0 Å². The molecule has 8 rings (SSSR count). The van der Waals surface area contributed by atoms with Crippen molar-refractivity contribution in [1.29, 1.82) is 0 Å². The molecule has 0 aromatic heterocycles. The molecule has 3 heteroatoms. The molecule has 2 saturated carbocycles. The van der Waals surface area contributed by atoms with Gasteiger partial charge in [-0.05, 0) is 120 Å². The Kier molecular flexibility index (Phi) is 8.27. The van der Waals surface area contributed by atoms with Crippen molar-refractivity contribution in [1.82, 2.24) is 10.6 Å². The summed E-state index contributed by atoms with van der Waals surface area (Å²) in [7, 11) is 2.06. The molecule has 0 saturated heterocycles. The fourth-order valence-electron chi connectivity index (χ4n) is 8.34. The highest BCUT2D eigenvalue weighted by atomic mass is 15.0. The van der Waals surface area contributed by atoms with Gasteiger partial charge >= 0.3 is 0 Å². The Bertz CT molecular complexity index is 1780. The van der Waals surface area contributed by atoms with Crippen molar-refractivity contribution in [3.63, 3.8) is 0 Å². The molecular weight excluding hydrogens is 571 g/mol. The molecule has 4 unspecified atom stereocenters. The molecule has 240 valence electrons. The average Bonchev–Trinajstić information content (AvgIpc) is 4.02. The summed E-state index contributed by atoms with van der Waals surface area (Å²) >= 11 is 0. The molecule has 5 aliphatic carbocycles. The molecule has 3 aromatic rings. The lowest BCUT2D eigenvalue weighted by Crippen LogP contribution is -2.39. The summed E-state index contributed by atoms with van der Waals surface area (Å²) in [6.45, 7) is 3.38. The molecule has 3 N–H and O–H groups in total. The Balaban J connectivity index is 0.987. The van der Waals surface area contributed by atoms with E-state index < -0.39 is 0 Å². The first-order chi connectivity index (χ1) is 23.1. The predicted molar refractivity (Wildman–Crippen MR) is 198 cm³/mol. The second-order valence-electron chi connectivity index (χ2n) is 14.7. The fraction of sp³-hybridized carbons (Fsp3) is 0.364. The maximum absolute atomic E-state index is 4.02. The zero-order valence-electron chi connectivity index (χ0n) is 28.0. The Hall–Kier alpha value is -4.08. The highest BCUT2D eigenvalue weighted by Crippen LogP contribution is 2.75. The Morgan fingerprint density at radius 2 is 1.62 bits per heavy atom. The van der Waals surface area contributed by atoms with Gasteiger partial charge in [0, 0.05) is 30.0 Å². The third-order valence-corrected chi connectivity index (χ3v) is 11.4. The third-order valence-electron chi connectivity index (χ3n) is 11.4. The summed E-state index contributed by atoms with van der Waals surface area (Å²) in [6.07, 6.45) is 25.2. The number of anilines is 1. The summed E-state index contributed by atoms with van der Waals surface area (Å²) in [6, 6.07) is 27.6. The van der Waals surface area contributed by atoms with Gasteiger partial charge in [0.1, 0.15) is 0 Å². The quantitative estimate of drug-likeness (QED) is 0.187. The highest BCUT2D eigenvalue weighted by Gasteiger charge is 2.70. The largest absolute Gasteiger partial charge is 0.388 e. The Labute approximate surface area is 281 Å². The highest BCUT2D eigenvalue weighted by molar-refractivity contribution is 5.81. The van der Waals surface area contributed by atoms with E-state index in [-0.39, 0.29) is 12.1 Å². The first-order valence-electron chi connectivity index (χ1n) is 18.0. The maximum atomic E-state index is 4.02. The lowest BCUT2D eigenvalue weighted by atomic mass is 9.85. The van der Waals surface area contributed by atoms with Crippen LogP contribution in [-0.2, 0) is 5.41 Å². The van der Waals surface area contributed by atoms with Gasteiger partial charge < -0.3 is 16.0 Å². The number of hydrogen-bond donors (Lipinski definition) is 3. The lowest BCUT2D eigenvalue weighted by Gasteiger charge is -2.32. The summed E-state index contributed by atoms with van der Waals surface area (Å²) in [5.74, 6) is 2.32. The van der Waals surface area contributed by atoms with Gasteiger partial charge in [0.25, 0.3) is 0 Å². The molecule has 4 atom stereocenters. The molecular formula is C44H49N3. The number of hydrogen-bond acceptors (Lipinski definition) is 3. The van der Waals surface area contributed by atoms with Crippen molar-refractivity contribution in [2.24, 2.45) is 17.8 Å². The standard InChI is InChI=1S/C44H49N3/c1-30-10-7-11-31(24-30)29-46-43(40-17-4-5-18-41(40)45-2)32-20-22-38(23-21-32)47-42-19-6-3-16-39(42)35-14-8-12-33(25-35)34-13-9-15-36(26-34)44-27-37(44)28-44/h3,6-10,12-22,25-26,30-31,37-38,43,45-47H,4-5,11,23-24,27-29H2,1-2H3. The Morgan fingerprint density at radius 1 is 0.830 bits per heavy atom. The first-order valence-corrected chi connectivity index (χ1v) is 18.0.